The number of carbonyl (C=O) groups excluding carboxylic acids is 2. The molecular weight excluding hydrogens is 421 g/mol. The summed E-state index contributed by atoms with van der Waals surface area (Å²) in [6.45, 7) is 2.50. The highest BCUT2D eigenvalue weighted by atomic mass is 19.1. The van der Waals surface area contributed by atoms with Crippen LogP contribution in [0.3, 0.4) is 0 Å². The van der Waals surface area contributed by atoms with Gasteiger partial charge in [-0.05, 0) is 67.3 Å². The average molecular weight is 443 g/mol. The van der Waals surface area contributed by atoms with Gasteiger partial charge in [0.2, 0.25) is 0 Å². The largest absolute Gasteiger partial charge is 0.507 e. The number of rotatable bonds is 3. The third-order valence-electron chi connectivity index (χ3n) is 6.11. The third-order valence-corrected chi connectivity index (χ3v) is 6.11. The monoisotopic (exact) mass is 443 g/mol. The molecule has 1 saturated heterocycles. The molecule has 0 radical (unpaired) electrons. The predicted octanol–water partition coefficient (Wildman–Crippen LogP) is 5.09. The Morgan fingerprint density at radius 1 is 1.06 bits per heavy atom. The summed E-state index contributed by atoms with van der Waals surface area (Å²) in [6.07, 6.45) is 1.63. The first-order valence-corrected chi connectivity index (χ1v) is 10.8. The number of ketones is 1. The van der Waals surface area contributed by atoms with Crippen molar-refractivity contribution in [3.05, 3.63) is 100 Å². The number of Topliss-reactive ketones (excluding diaryl/α,β-unsaturated/α-hetero) is 1. The molecule has 3 aromatic rings. The van der Waals surface area contributed by atoms with E-state index < -0.39 is 23.5 Å². The minimum absolute atomic E-state index is 0.136. The smallest absolute Gasteiger partial charge is 0.300 e. The van der Waals surface area contributed by atoms with Crippen LogP contribution in [-0.2, 0) is 16.0 Å². The minimum Gasteiger partial charge on any atom is -0.507 e. The number of anilines is 1. The zero-order chi connectivity index (χ0) is 23.1. The van der Waals surface area contributed by atoms with Crippen LogP contribution >= 0.6 is 0 Å². The van der Waals surface area contributed by atoms with E-state index in [1.54, 1.807) is 48.5 Å². The Labute approximate surface area is 190 Å². The van der Waals surface area contributed by atoms with Crippen LogP contribution in [0.25, 0.3) is 5.76 Å². The van der Waals surface area contributed by atoms with Gasteiger partial charge in [-0.15, -0.1) is 0 Å². The average Bonchev–Trinajstić information content (AvgIpc) is 3.09. The highest BCUT2D eigenvalue weighted by Gasteiger charge is 2.47. The van der Waals surface area contributed by atoms with Crippen molar-refractivity contribution in [3.63, 3.8) is 0 Å². The van der Waals surface area contributed by atoms with Crippen LogP contribution in [0.15, 0.2) is 72.3 Å². The number of ether oxygens (including phenoxy) is 1. The topological polar surface area (TPSA) is 66.8 Å². The Bertz CT molecular complexity index is 1310. The summed E-state index contributed by atoms with van der Waals surface area (Å²) in [6, 6.07) is 17.2. The lowest BCUT2D eigenvalue weighted by Crippen LogP contribution is -2.29. The number of nitrogens with zero attached hydrogens (tertiary/aromatic N) is 1. The van der Waals surface area contributed by atoms with Gasteiger partial charge in [0.05, 0.1) is 18.2 Å². The van der Waals surface area contributed by atoms with Crippen LogP contribution in [0.4, 0.5) is 10.1 Å². The Hall–Kier alpha value is -3.93. The maximum absolute atomic E-state index is 15.0. The van der Waals surface area contributed by atoms with Crippen molar-refractivity contribution in [1.82, 2.24) is 0 Å². The quantitative estimate of drug-likeness (QED) is 0.348. The third kappa shape index (κ3) is 3.57. The number of halogens is 1. The number of carbonyl (C=O) groups is 2. The standard InChI is InChI=1S/C27H22FNO4/c1-16-6-4-8-19(14-16)29-24(20-9-2-3-10-21(20)28)23(26(31)27(29)32)25(30)18-11-12-22-17(15-18)7-5-13-33-22/h2-4,6,8-12,14-15,24,30H,5,7,13H2,1H3/b25-23+. The molecule has 5 nitrogen and oxygen atoms in total. The molecule has 1 fully saturated rings. The molecule has 2 aliphatic rings. The molecule has 2 heterocycles. The molecule has 166 valence electrons. The molecule has 1 amide bonds. The Morgan fingerprint density at radius 2 is 1.88 bits per heavy atom. The van der Waals surface area contributed by atoms with Crippen LogP contribution in [0.2, 0.25) is 0 Å². The van der Waals surface area contributed by atoms with Gasteiger partial charge in [0.1, 0.15) is 17.3 Å². The van der Waals surface area contributed by atoms with Gasteiger partial charge in [-0.25, -0.2) is 4.39 Å². The normalized spacial score (nSPS) is 19.3. The van der Waals surface area contributed by atoms with E-state index in [4.69, 9.17) is 4.74 Å². The summed E-state index contributed by atoms with van der Waals surface area (Å²) < 4.78 is 20.6. The number of aliphatic hydroxyl groups excluding tert-OH is 1. The fourth-order valence-corrected chi connectivity index (χ4v) is 4.53. The second-order valence-corrected chi connectivity index (χ2v) is 8.30. The zero-order valence-electron chi connectivity index (χ0n) is 18.0. The SMILES string of the molecule is Cc1cccc(N2C(=O)C(=O)/C(=C(/O)c3ccc4c(c3)CCCO4)C2c2ccccc2F)c1. The summed E-state index contributed by atoms with van der Waals surface area (Å²) >= 11 is 0. The van der Waals surface area contributed by atoms with Crippen molar-refractivity contribution < 1.29 is 23.8 Å². The van der Waals surface area contributed by atoms with E-state index in [0.29, 0.717) is 17.9 Å². The molecule has 6 heteroatoms. The maximum atomic E-state index is 15.0. The molecule has 5 rings (SSSR count). The summed E-state index contributed by atoms with van der Waals surface area (Å²) in [5.74, 6) is -1.81. The van der Waals surface area contributed by atoms with Crippen LogP contribution in [-0.4, -0.2) is 23.4 Å². The second-order valence-electron chi connectivity index (χ2n) is 8.30. The number of hydrogen-bond donors (Lipinski definition) is 1. The lowest BCUT2D eigenvalue weighted by Gasteiger charge is -2.26. The van der Waals surface area contributed by atoms with Gasteiger partial charge in [-0.3, -0.25) is 14.5 Å². The molecule has 0 bridgehead atoms. The summed E-state index contributed by atoms with van der Waals surface area (Å²) in [5, 5.41) is 11.3. The predicted molar refractivity (Wildman–Crippen MR) is 123 cm³/mol. The van der Waals surface area contributed by atoms with Gasteiger partial charge in [-0.1, -0.05) is 30.3 Å². The number of amides is 1. The second kappa shape index (κ2) is 8.20. The number of aryl methyl sites for hydroxylation is 2. The van der Waals surface area contributed by atoms with E-state index in [1.165, 1.54) is 17.0 Å². The van der Waals surface area contributed by atoms with Crippen molar-refractivity contribution in [2.45, 2.75) is 25.8 Å². The number of fused-ring (bicyclic) bond motifs is 1. The van der Waals surface area contributed by atoms with E-state index in [1.807, 2.05) is 13.0 Å². The van der Waals surface area contributed by atoms with E-state index >= 15 is 0 Å². The van der Waals surface area contributed by atoms with E-state index in [9.17, 15) is 19.1 Å². The van der Waals surface area contributed by atoms with Crippen LogP contribution in [0.1, 0.15) is 34.7 Å². The first-order valence-electron chi connectivity index (χ1n) is 10.8. The fraction of sp³-hybridized carbons (Fsp3) is 0.185. The van der Waals surface area contributed by atoms with Crippen LogP contribution < -0.4 is 9.64 Å². The Morgan fingerprint density at radius 3 is 2.67 bits per heavy atom. The van der Waals surface area contributed by atoms with Gasteiger partial charge < -0.3 is 9.84 Å². The molecule has 3 aromatic carbocycles. The first-order chi connectivity index (χ1) is 16.0. The summed E-state index contributed by atoms with van der Waals surface area (Å²) in [7, 11) is 0. The highest BCUT2D eigenvalue weighted by molar-refractivity contribution is 6.51. The van der Waals surface area contributed by atoms with Crippen molar-refractivity contribution in [1.29, 1.82) is 0 Å². The maximum Gasteiger partial charge on any atom is 0.300 e. The van der Waals surface area contributed by atoms with E-state index in [2.05, 4.69) is 0 Å². The number of aliphatic hydroxyl groups is 1. The first kappa shape index (κ1) is 20.9. The number of hydrogen-bond acceptors (Lipinski definition) is 4. The minimum atomic E-state index is -1.10. The van der Waals surface area contributed by atoms with Crippen molar-refractivity contribution in [2.24, 2.45) is 0 Å². The number of benzene rings is 3. The molecular formula is C27H22FNO4. The molecule has 1 N–H and O–H groups in total. The summed E-state index contributed by atoms with van der Waals surface area (Å²) in [5.41, 5.74) is 2.66. The molecule has 0 saturated carbocycles. The van der Waals surface area contributed by atoms with Crippen LogP contribution in [0.5, 0.6) is 5.75 Å². The van der Waals surface area contributed by atoms with E-state index in [-0.39, 0.29) is 16.9 Å². The summed E-state index contributed by atoms with van der Waals surface area (Å²) in [4.78, 5) is 27.7. The van der Waals surface area contributed by atoms with Gasteiger partial charge in [0, 0.05) is 16.8 Å². The lowest BCUT2D eigenvalue weighted by molar-refractivity contribution is -0.132. The van der Waals surface area contributed by atoms with Crippen molar-refractivity contribution in [2.75, 3.05) is 11.5 Å². The Kier molecular flexibility index (Phi) is 5.21. The van der Waals surface area contributed by atoms with Gasteiger partial charge in [-0.2, -0.15) is 0 Å². The molecule has 2 aliphatic heterocycles. The van der Waals surface area contributed by atoms with Crippen LogP contribution in [0, 0.1) is 12.7 Å². The van der Waals surface area contributed by atoms with Gasteiger partial charge in [0.25, 0.3) is 11.7 Å². The molecule has 1 atom stereocenters. The van der Waals surface area contributed by atoms with E-state index in [0.717, 1.165) is 29.7 Å². The zero-order valence-corrected chi connectivity index (χ0v) is 18.0. The van der Waals surface area contributed by atoms with Gasteiger partial charge >= 0.3 is 0 Å². The molecule has 0 aliphatic carbocycles. The molecule has 33 heavy (non-hydrogen) atoms. The van der Waals surface area contributed by atoms with Crippen molar-refractivity contribution >= 4 is 23.1 Å². The highest BCUT2D eigenvalue weighted by Crippen LogP contribution is 2.43. The lowest BCUT2D eigenvalue weighted by atomic mass is 9.93. The van der Waals surface area contributed by atoms with Gasteiger partial charge in [0.15, 0.2) is 0 Å². The fourth-order valence-electron chi connectivity index (χ4n) is 4.53. The van der Waals surface area contributed by atoms with Crippen molar-refractivity contribution in [3.8, 4) is 5.75 Å². The Balaban J connectivity index is 1.72. The molecule has 0 aromatic heterocycles. The molecule has 0 spiro atoms. The molecule has 1 unspecified atom stereocenters.